The molecule has 0 unspecified atom stereocenters. The van der Waals surface area contributed by atoms with Gasteiger partial charge in [0.15, 0.2) is 0 Å². The van der Waals surface area contributed by atoms with Crippen LogP contribution in [-0.4, -0.2) is 6.21 Å². The van der Waals surface area contributed by atoms with Crippen molar-refractivity contribution in [2.45, 2.75) is 12.7 Å². The van der Waals surface area contributed by atoms with Crippen LogP contribution in [0.3, 0.4) is 0 Å². The third kappa shape index (κ3) is 6.02. The van der Waals surface area contributed by atoms with Crippen LogP contribution in [0.15, 0.2) is 72.4 Å². The fourth-order valence-corrected chi connectivity index (χ4v) is 2.56. The van der Waals surface area contributed by atoms with Gasteiger partial charge in [0.25, 0.3) is 0 Å². The highest BCUT2D eigenvalue weighted by Gasteiger charge is 2.30. The maximum absolute atomic E-state index is 13.9. The summed E-state index contributed by atoms with van der Waals surface area (Å²) in [5.74, 6) is -1.60. The largest absolute Gasteiger partial charge is 0.416 e. The molecule has 0 heterocycles. The van der Waals surface area contributed by atoms with Crippen molar-refractivity contribution in [3.05, 3.63) is 101 Å². The zero-order valence-electron chi connectivity index (χ0n) is 15.0. The second-order valence-electron chi connectivity index (χ2n) is 5.83. The van der Waals surface area contributed by atoms with Gasteiger partial charge in [-0.25, -0.2) is 8.78 Å². The molecule has 0 aliphatic carbocycles. The molecule has 0 aliphatic heterocycles. The van der Waals surface area contributed by atoms with Crippen molar-refractivity contribution in [1.82, 2.24) is 5.32 Å². The fourth-order valence-electron chi connectivity index (χ4n) is 2.38. The molecule has 0 radical (unpaired) electrons. The van der Waals surface area contributed by atoms with E-state index in [1.54, 1.807) is 0 Å². The summed E-state index contributed by atoms with van der Waals surface area (Å²) in [6.07, 6.45) is -0.361. The Morgan fingerprint density at radius 1 is 1.14 bits per heavy atom. The van der Waals surface area contributed by atoms with E-state index in [-0.39, 0.29) is 34.1 Å². The molecule has 0 amide bonds. The van der Waals surface area contributed by atoms with Gasteiger partial charge in [-0.15, -0.1) is 0 Å². The molecule has 29 heavy (non-hydrogen) atoms. The van der Waals surface area contributed by atoms with Gasteiger partial charge in [-0.05, 0) is 42.0 Å². The van der Waals surface area contributed by atoms with Crippen LogP contribution in [0, 0.1) is 11.6 Å². The summed E-state index contributed by atoms with van der Waals surface area (Å²) in [6.45, 7) is 7.01. The third-order valence-corrected chi connectivity index (χ3v) is 4.09. The average Bonchev–Trinajstić information content (AvgIpc) is 2.62. The molecule has 2 aromatic rings. The first-order valence-corrected chi connectivity index (χ1v) is 8.59. The Morgan fingerprint density at radius 3 is 2.38 bits per heavy atom. The zero-order chi connectivity index (χ0) is 21.6. The van der Waals surface area contributed by atoms with E-state index in [1.807, 2.05) is 0 Å². The van der Waals surface area contributed by atoms with Crippen molar-refractivity contribution in [1.29, 1.82) is 0 Å². The summed E-state index contributed by atoms with van der Waals surface area (Å²) < 4.78 is 66.2. The summed E-state index contributed by atoms with van der Waals surface area (Å²) >= 11 is 5.94. The molecule has 1 N–H and O–H groups in total. The standard InChI is InChI=1S/C21H16ClF5N2/c1-3-5-16(29-13(2)20-18(23)6-4-7-19(20)24)12-28-11-14-10-15(21(25,26)27)8-9-17(14)22/h3-10,12,29H,1-2,11H2/b16-5+,28-12-. The zero-order valence-corrected chi connectivity index (χ0v) is 15.8. The monoisotopic (exact) mass is 426 g/mol. The predicted octanol–water partition coefficient (Wildman–Crippen LogP) is 6.54. The van der Waals surface area contributed by atoms with Gasteiger partial charge in [-0.3, -0.25) is 4.99 Å². The lowest BCUT2D eigenvalue weighted by molar-refractivity contribution is -0.137. The molecule has 0 fully saturated rings. The number of nitrogens with zero attached hydrogens (tertiary/aromatic N) is 1. The number of rotatable bonds is 7. The van der Waals surface area contributed by atoms with Crippen LogP contribution in [0.5, 0.6) is 0 Å². The van der Waals surface area contributed by atoms with Crippen LogP contribution < -0.4 is 5.32 Å². The number of hydrogen-bond donors (Lipinski definition) is 1. The molecule has 152 valence electrons. The van der Waals surface area contributed by atoms with Crippen LogP contribution in [0.2, 0.25) is 5.02 Å². The summed E-state index contributed by atoms with van der Waals surface area (Å²) in [6, 6.07) is 6.35. The van der Waals surface area contributed by atoms with Crippen molar-refractivity contribution in [2.75, 3.05) is 0 Å². The molecule has 0 atom stereocenters. The topological polar surface area (TPSA) is 24.4 Å². The van der Waals surface area contributed by atoms with E-state index in [0.29, 0.717) is 0 Å². The van der Waals surface area contributed by atoms with Gasteiger partial charge < -0.3 is 5.32 Å². The first-order chi connectivity index (χ1) is 13.6. The molecule has 2 rings (SSSR count). The van der Waals surface area contributed by atoms with Gasteiger partial charge in [-0.2, -0.15) is 13.2 Å². The molecule has 0 spiro atoms. The highest BCUT2D eigenvalue weighted by molar-refractivity contribution is 6.31. The molecule has 0 aliphatic rings. The van der Waals surface area contributed by atoms with Gasteiger partial charge in [0, 0.05) is 16.9 Å². The molecule has 0 saturated heterocycles. The van der Waals surface area contributed by atoms with E-state index in [2.05, 4.69) is 23.5 Å². The fraction of sp³-hybridized carbons (Fsp3) is 0.0952. The Morgan fingerprint density at radius 2 is 1.79 bits per heavy atom. The third-order valence-electron chi connectivity index (χ3n) is 3.72. The quantitative estimate of drug-likeness (QED) is 0.303. The van der Waals surface area contributed by atoms with E-state index in [1.165, 1.54) is 24.4 Å². The van der Waals surface area contributed by atoms with Crippen LogP contribution in [0.1, 0.15) is 16.7 Å². The molecule has 0 saturated carbocycles. The minimum absolute atomic E-state index is 0.0581. The second kappa shape index (κ2) is 9.52. The van der Waals surface area contributed by atoms with E-state index < -0.39 is 23.4 Å². The molecule has 2 nitrogen and oxygen atoms in total. The lowest BCUT2D eigenvalue weighted by atomic mass is 10.1. The van der Waals surface area contributed by atoms with Gasteiger partial charge in [-0.1, -0.05) is 36.9 Å². The predicted molar refractivity (Wildman–Crippen MR) is 105 cm³/mol. The molecule has 0 aromatic heterocycles. The van der Waals surface area contributed by atoms with Gasteiger partial charge in [0.2, 0.25) is 0 Å². The maximum atomic E-state index is 13.9. The van der Waals surface area contributed by atoms with Gasteiger partial charge in [0.05, 0.1) is 23.4 Å². The average molecular weight is 427 g/mol. The highest BCUT2D eigenvalue weighted by Crippen LogP contribution is 2.32. The maximum Gasteiger partial charge on any atom is 0.416 e. The number of aliphatic imine (C=N–C) groups is 1. The SMILES string of the molecule is C=C/C=C(\C=N/Cc1cc(C(F)(F)F)ccc1Cl)NC(=C)c1c(F)cccc1F. The van der Waals surface area contributed by atoms with E-state index in [0.717, 1.165) is 30.3 Å². The summed E-state index contributed by atoms with van der Waals surface area (Å²) in [5.41, 5.74) is -0.782. The minimum Gasteiger partial charge on any atom is -0.354 e. The van der Waals surface area contributed by atoms with Crippen molar-refractivity contribution in [3.8, 4) is 0 Å². The first-order valence-electron chi connectivity index (χ1n) is 8.22. The first kappa shape index (κ1) is 22.4. The summed E-state index contributed by atoms with van der Waals surface area (Å²) in [5, 5.41) is 2.84. The van der Waals surface area contributed by atoms with Gasteiger partial charge >= 0.3 is 6.18 Å². The Balaban J connectivity index is 2.18. The van der Waals surface area contributed by atoms with E-state index in [4.69, 9.17) is 11.6 Å². The normalized spacial score (nSPS) is 12.3. The number of benzene rings is 2. The molecule has 2 aromatic carbocycles. The number of hydrogen-bond acceptors (Lipinski definition) is 2. The van der Waals surface area contributed by atoms with Crippen molar-refractivity contribution >= 4 is 23.5 Å². The Bertz CT molecular complexity index is 957. The lowest BCUT2D eigenvalue weighted by Crippen LogP contribution is -2.14. The molecule has 0 bridgehead atoms. The lowest BCUT2D eigenvalue weighted by Gasteiger charge is -2.12. The number of alkyl halides is 3. The van der Waals surface area contributed by atoms with Crippen LogP contribution >= 0.6 is 11.6 Å². The smallest absolute Gasteiger partial charge is 0.354 e. The number of nitrogens with one attached hydrogen (secondary N) is 1. The van der Waals surface area contributed by atoms with E-state index >= 15 is 0 Å². The summed E-state index contributed by atoms with van der Waals surface area (Å²) in [7, 11) is 0. The highest BCUT2D eigenvalue weighted by atomic mass is 35.5. The molecular weight excluding hydrogens is 411 g/mol. The van der Waals surface area contributed by atoms with E-state index in [9.17, 15) is 22.0 Å². The Kier molecular flexibility index (Phi) is 7.34. The summed E-state index contributed by atoms with van der Waals surface area (Å²) in [4.78, 5) is 4.05. The number of halogens is 6. The molecule has 8 heteroatoms. The minimum atomic E-state index is -4.50. The van der Waals surface area contributed by atoms with Crippen molar-refractivity contribution in [2.24, 2.45) is 4.99 Å². The van der Waals surface area contributed by atoms with Crippen LogP contribution in [-0.2, 0) is 12.7 Å². The van der Waals surface area contributed by atoms with Crippen molar-refractivity contribution < 1.29 is 22.0 Å². The van der Waals surface area contributed by atoms with Crippen molar-refractivity contribution in [3.63, 3.8) is 0 Å². The Labute approximate surface area is 169 Å². The molecular formula is C21H16ClF5N2. The van der Waals surface area contributed by atoms with Crippen LogP contribution in [0.4, 0.5) is 22.0 Å². The van der Waals surface area contributed by atoms with Gasteiger partial charge in [0.1, 0.15) is 11.6 Å². The second-order valence-corrected chi connectivity index (χ2v) is 6.24. The van der Waals surface area contributed by atoms with Crippen LogP contribution in [0.25, 0.3) is 5.70 Å². The number of allylic oxidation sites excluding steroid dienone is 3. The Hall–Kier alpha value is -2.93.